The molecule has 0 aromatic heterocycles. The fourth-order valence-electron chi connectivity index (χ4n) is 2.94. The Balaban J connectivity index is 1.54. The van der Waals surface area contributed by atoms with E-state index in [4.69, 9.17) is 21.7 Å². The highest BCUT2D eigenvalue weighted by molar-refractivity contribution is 8.26. The van der Waals surface area contributed by atoms with Crippen LogP contribution in [0.5, 0.6) is 5.75 Å². The van der Waals surface area contributed by atoms with E-state index >= 15 is 0 Å². The molecule has 3 rings (SSSR count). The summed E-state index contributed by atoms with van der Waals surface area (Å²) < 4.78 is 11.5. The van der Waals surface area contributed by atoms with Gasteiger partial charge in [0.15, 0.2) is 0 Å². The number of rotatable bonds is 8. The van der Waals surface area contributed by atoms with Crippen LogP contribution in [0, 0.1) is 0 Å². The normalized spacial score (nSPS) is 19.7. The summed E-state index contributed by atoms with van der Waals surface area (Å²) in [7, 11) is 0. The van der Waals surface area contributed by atoms with E-state index in [0.29, 0.717) is 22.4 Å². The Morgan fingerprint density at radius 3 is 2.67 bits per heavy atom. The zero-order valence-corrected chi connectivity index (χ0v) is 16.9. The lowest BCUT2D eigenvalue weighted by Crippen LogP contribution is -2.38. The second-order valence-electron chi connectivity index (χ2n) is 6.31. The molecule has 0 aliphatic carbocycles. The molecule has 144 valence electrons. The summed E-state index contributed by atoms with van der Waals surface area (Å²) in [4.78, 5) is 17.4. The number of thiocarbonyl (C=S) groups is 1. The molecule has 0 N–H and O–H groups in total. The number of hydrogen-bond donors (Lipinski definition) is 0. The van der Waals surface area contributed by atoms with Crippen LogP contribution in [0.3, 0.4) is 0 Å². The SMILES string of the molecule is C=CCOc1ccc(/C=C2\SC(=S)N(CCCN3CCOCC3)C2=O)cc1. The lowest BCUT2D eigenvalue weighted by Gasteiger charge is -2.27. The molecule has 0 radical (unpaired) electrons. The molecular formula is C20H24N2O3S2. The summed E-state index contributed by atoms with van der Waals surface area (Å²) in [6.45, 7) is 9.24. The Morgan fingerprint density at radius 1 is 1.22 bits per heavy atom. The summed E-state index contributed by atoms with van der Waals surface area (Å²) in [6.07, 6.45) is 4.51. The molecule has 1 aromatic rings. The first kappa shape index (κ1) is 20.1. The van der Waals surface area contributed by atoms with Crippen molar-refractivity contribution in [1.82, 2.24) is 9.80 Å². The van der Waals surface area contributed by atoms with Gasteiger partial charge in [0.25, 0.3) is 5.91 Å². The van der Waals surface area contributed by atoms with Crippen LogP contribution in [0.2, 0.25) is 0 Å². The number of nitrogens with zero attached hydrogens (tertiary/aromatic N) is 2. The number of benzene rings is 1. The molecule has 7 heteroatoms. The lowest BCUT2D eigenvalue weighted by atomic mass is 10.2. The van der Waals surface area contributed by atoms with Gasteiger partial charge in [-0.25, -0.2) is 0 Å². The van der Waals surface area contributed by atoms with Crippen molar-refractivity contribution in [1.29, 1.82) is 0 Å². The third-order valence-electron chi connectivity index (χ3n) is 4.38. The maximum absolute atomic E-state index is 12.7. The fraction of sp³-hybridized carbons (Fsp3) is 0.400. The lowest BCUT2D eigenvalue weighted by molar-refractivity contribution is -0.122. The van der Waals surface area contributed by atoms with Gasteiger partial charge in [-0.15, -0.1) is 0 Å². The Bertz CT molecular complexity index is 712. The summed E-state index contributed by atoms with van der Waals surface area (Å²) >= 11 is 6.79. The summed E-state index contributed by atoms with van der Waals surface area (Å²) in [5, 5.41) is 0. The monoisotopic (exact) mass is 404 g/mol. The Labute approximate surface area is 170 Å². The first-order chi connectivity index (χ1) is 13.2. The van der Waals surface area contributed by atoms with Gasteiger partial charge in [0.2, 0.25) is 0 Å². The molecule has 0 spiro atoms. The molecule has 0 atom stereocenters. The molecule has 0 saturated carbocycles. The molecule has 2 aliphatic heterocycles. The quantitative estimate of drug-likeness (QED) is 0.377. The van der Waals surface area contributed by atoms with Gasteiger partial charge in [-0.2, -0.15) is 0 Å². The van der Waals surface area contributed by atoms with Crippen LogP contribution in [0.4, 0.5) is 0 Å². The number of hydrogen-bond acceptors (Lipinski definition) is 6. The molecule has 27 heavy (non-hydrogen) atoms. The van der Waals surface area contributed by atoms with Gasteiger partial charge in [0.1, 0.15) is 16.7 Å². The van der Waals surface area contributed by atoms with E-state index in [1.807, 2.05) is 30.3 Å². The van der Waals surface area contributed by atoms with Crippen LogP contribution in [-0.2, 0) is 9.53 Å². The molecule has 2 fully saturated rings. The van der Waals surface area contributed by atoms with E-state index in [0.717, 1.165) is 50.6 Å². The van der Waals surface area contributed by atoms with Crippen molar-refractivity contribution in [2.45, 2.75) is 6.42 Å². The fourth-order valence-corrected chi connectivity index (χ4v) is 4.25. The van der Waals surface area contributed by atoms with Crippen molar-refractivity contribution in [2.24, 2.45) is 0 Å². The highest BCUT2D eigenvalue weighted by Gasteiger charge is 2.31. The van der Waals surface area contributed by atoms with E-state index in [-0.39, 0.29) is 5.91 Å². The van der Waals surface area contributed by atoms with Gasteiger partial charge in [-0.1, -0.05) is 48.8 Å². The second-order valence-corrected chi connectivity index (χ2v) is 7.99. The van der Waals surface area contributed by atoms with Crippen LogP contribution in [0.1, 0.15) is 12.0 Å². The third-order valence-corrected chi connectivity index (χ3v) is 5.76. The van der Waals surface area contributed by atoms with Crippen LogP contribution in [-0.4, -0.2) is 66.0 Å². The first-order valence-corrected chi connectivity index (χ1v) is 10.3. The number of amides is 1. The van der Waals surface area contributed by atoms with Gasteiger partial charge in [0, 0.05) is 26.2 Å². The van der Waals surface area contributed by atoms with Gasteiger partial charge in [0.05, 0.1) is 18.1 Å². The highest BCUT2D eigenvalue weighted by Crippen LogP contribution is 2.32. The smallest absolute Gasteiger partial charge is 0.266 e. The van der Waals surface area contributed by atoms with E-state index in [1.165, 1.54) is 11.8 Å². The summed E-state index contributed by atoms with van der Waals surface area (Å²) in [6, 6.07) is 7.64. The zero-order valence-electron chi connectivity index (χ0n) is 15.3. The van der Waals surface area contributed by atoms with Crippen molar-refractivity contribution in [3.8, 4) is 5.75 Å². The molecule has 2 heterocycles. The van der Waals surface area contributed by atoms with Gasteiger partial charge >= 0.3 is 0 Å². The molecule has 0 unspecified atom stereocenters. The number of morpholine rings is 1. The first-order valence-electron chi connectivity index (χ1n) is 9.06. The molecule has 1 aromatic carbocycles. The minimum Gasteiger partial charge on any atom is -0.490 e. The number of thioether (sulfide) groups is 1. The average Bonchev–Trinajstić information content (AvgIpc) is 2.95. The van der Waals surface area contributed by atoms with Crippen molar-refractivity contribution < 1.29 is 14.3 Å². The van der Waals surface area contributed by atoms with E-state index in [2.05, 4.69) is 11.5 Å². The van der Waals surface area contributed by atoms with Crippen molar-refractivity contribution in [2.75, 3.05) is 46.0 Å². The Morgan fingerprint density at radius 2 is 1.96 bits per heavy atom. The number of carbonyl (C=O) groups is 1. The number of ether oxygens (including phenoxy) is 2. The maximum atomic E-state index is 12.7. The van der Waals surface area contributed by atoms with Gasteiger partial charge in [-0.3, -0.25) is 14.6 Å². The predicted octanol–water partition coefficient (Wildman–Crippen LogP) is 3.17. The Kier molecular flexibility index (Phi) is 7.46. The summed E-state index contributed by atoms with van der Waals surface area (Å²) in [5.41, 5.74) is 0.953. The second kappa shape index (κ2) is 10.0. The maximum Gasteiger partial charge on any atom is 0.266 e. The van der Waals surface area contributed by atoms with Crippen molar-refractivity contribution in [3.63, 3.8) is 0 Å². The van der Waals surface area contributed by atoms with Crippen LogP contribution >= 0.6 is 24.0 Å². The minimum absolute atomic E-state index is 0.000962. The standard InChI is InChI=1S/C20H24N2O3S2/c1-2-12-25-17-6-4-16(5-7-17)15-18-19(23)22(20(26)27-18)9-3-8-21-10-13-24-14-11-21/h2,4-7,15H,1,3,8-14H2/b18-15-. The van der Waals surface area contributed by atoms with Gasteiger partial charge < -0.3 is 9.47 Å². The molecule has 1 amide bonds. The molecule has 0 bridgehead atoms. The molecule has 2 aliphatic rings. The van der Waals surface area contributed by atoms with E-state index < -0.39 is 0 Å². The Hall–Kier alpha value is -1.67. The third kappa shape index (κ3) is 5.65. The molecular weight excluding hydrogens is 380 g/mol. The largest absolute Gasteiger partial charge is 0.490 e. The van der Waals surface area contributed by atoms with Crippen LogP contribution in [0.15, 0.2) is 41.8 Å². The van der Waals surface area contributed by atoms with Gasteiger partial charge in [-0.05, 0) is 30.2 Å². The van der Waals surface area contributed by atoms with Crippen molar-refractivity contribution >= 4 is 40.3 Å². The molecule has 2 saturated heterocycles. The zero-order chi connectivity index (χ0) is 19.1. The topological polar surface area (TPSA) is 42.0 Å². The molecule has 5 nitrogen and oxygen atoms in total. The van der Waals surface area contributed by atoms with Crippen LogP contribution < -0.4 is 4.74 Å². The van der Waals surface area contributed by atoms with E-state index in [1.54, 1.807) is 11.0 Å². The van der Waals surface area contributed by atoms with Crippen LogP contribution in [0.25, 0.3) is 6.08 Å². The highest BCUT2D eigenvalue weighted by atomic mass is 32.2. The summed E-state index contributed by atoms with van der Waals surface area (Å²) in [5.74, 6) is 0.779. The minimum atomic E-state index is -0.000962. The predicted molar refractivity (Wildman–Crippen MR) is 114 cm³/mol. The van der Waals surface area contributed by atoms with Crippen molar-refractivity contribution in [3.05, 3.63) is 47.4 Å². The van der Waals surface area contributed by atoms with E-state index in [9.17, 15) is 4.79 Å². The average molecular weight is 405 g/mol. The number of carbonyl (C=O) groups excluding carboxylic acids is 1.